The van der Waals surface area contributed by atoms with Gasteiger partial charge in [0.15, 0.2) is 0 Å². The summed E-state index contributed by atoms with van der Waals surface area (Å²) in [7, 11) is 0. The van der Waals surface area contributed by atoms with Gasteiger partial charge in [0.05, 0.1) is 0 Å². The molecule has 136 valence electrons. The van der Waals surface area contributed by atoms with Gasteiger partial charge in [-0.2, -0.15) is 0 Å². The number of benzene rings is 2. The molecule has 0 spiro atoms. The van der Waals surface area contributed by atoms with Gasteiger partial charge in [-0.05, 0) is 62.4 Å². The molecule has 0 bridgehead atoms. The van der Waals surface area contributed by atoms with Crippen molar-refractivity contribution in [3.05, 3.63) is 59.9 Å². The number of halogens is 1. The standard InChI is InChI=1S/C21H23FN2O2/c1-14-5-2-3-8-19(14)24-21(26)16-11-9-15(10-12-16)20(25)23-18-7-4-6-17(22)13-18/h2-8,13,15-16H,9-12H2,1H3,(H,23,25)(H,24,26). The van der Waals surface area contributed by atoms with Crippen molar-refractivity contribution in [2.45, 2.75) is 32.6 Å². The molecule has 2 amide bonds. The first-order valence-electron chi connectivity index (χ1n) is 8.96. The van der Waals surface area contributed by atoms with Crippen LogP contribution in [0.1, 0.15) is 31.2 Å². The van der Waals surface area contributed by atoms with Crippen molar-refractivity contribution < 1.29 is 14.0 Å². The van der Waals surface area contributed by atoms with Crippen LogP contribution in [0.3, 0.4) is 0 Å². The van der Waals surface area contributed by atoms with Gasteiger partial charge in [0, 0.05) is 23.2 Å². The Morgan fingerprint density at radius 2 is 1.50 bits per heavy atom. The summed E-state index contributed by atoms with van der Waals surface area (Å²) in [4.78, 5) is 24.8. The number of amides is 2. The highest BCUT2D eigenvalue weighted by atomic mass is 19.1. The Bertz CT molecular complexity index is 798. The molecule has 0 aromatic heterocycles. The summed E-state index contributed by atoms with van der Waals surface area (Å²) in [6, 6.07) is 13.6. The van der Waals surface area contributed by atoms with Crippen LogP contribution in [0.25, 0.3) is 0 Å². The predicted molar refractivity (Wildman–Crippen MR) is 100 cm³/mol. The van der Waals surface area contributed by atoms with Crippen LogP contribution < -0.4 is 10.6 Å². The monoisotopic (exact) mass is 354 g/mol. The van der Waals surface area contributed by atoms with Crippen molar-refractivity contribution in [2.24, 2.45) is 11.8 Å². The lowest BCUT2D eigenvalue weighted by Crippen LogP contribution is -2.32. The van der Waals surface area contributed by atoms with Crippen LogP contribution in [-0.2, 0) is 9.59 Å². The Hall–Kier alpha value is -2.69. The first kappa shape index (κ1) is 18.1. The van der Waals surface area contributed by atoms with Gasteiger partial charge in [-0.3, -0.25) is 9.59 Å². The van der Waals surface area contributed by atoms with Gasteiger partial charge < -0.3 is 10.6 Å². The molecule has 4 nitrogen and oxygen atoms in total. The van der Waals surface area contributed by atoms with Crippen LogP contribution in [0.5, 0.6) is 0 Å². The maximum atomic E-state index is 13.2. The summed E-state index contributed by atoms with van der Waals surface area (Å²) in [5.74, 6) is -0.676. The van der Waals surface area contributed by atoms with E-state index in [1.54, 1.807) is 12.1 Å². The molecule has 0 saturated heterocycles. The topological polar surface area (TPSA) is 58.2 Å². The van der Waals surface area contributed by atoms with Gasteiger partial charge >= 0.3 is 0 Å². The average Bonchev–Trinajstić information content (AvgIpc) is 2.64. The maximum absolute atomic E-state index is 13.2. The second-order valence-corrected chi connectivity index (χ2v) is 6.85. The van der Waals surface area contributed by atoms with Gasteiger partial charge in [-0.15, -0.1) is 0 Å². The number of carbonyl (C=O) groups is 2. The van der Waals surface area contributed by atoms with E-state index in [1.165, 1.54) is 12.1 Å². The van der Waals surface area contributed by atoms with Crippen molar-refractivity contribution in [3.63, 3.8) is 0 Å². The highest BCUT2D eigenvalue weighted by Crippen LogP contribution is 2.31. The minimum atomic E-state index is -0.376. The molecule has 0 unspecified atom stereocenters. The van der Waals surface area contributed by atoms with Crippen LogP contribution >= 0.6 is 0 Å². The molecule has 1 aliphatic rings. The molecule has 2 N–H and O–H groups in total. The van der Waals surface area contributed by atoms with Gasteiger partial charge in [0.1, 0.15) is 5.82 Å². The fourth-order valence-corrected chi connectivity index (χ4v) is 3.38. The number of hydrogen-bond donors (Lipinski definition) is 2. The number of carbonyl (C=O) groups excluding carboxylic acids is 2. The number of rotatable bonds is 4. The molecule has 5 heteroatoms. The minimum absolute atomic E-state index is 0.0169. The average molecular weight is 354 g/mol. The summed E-state index contributed by atoms with van der Waals surface area (Å²) in [6.45, 7) is 1.96. The van der Waals surface area contributed by atoms with E-state index in [9.17, 15) is 14.0 Å². The number of aryl methyl sites for hydroxylation is 1. The molecule has 2 aromatic rings. The third kappa shape index (κ3) is 4.48. The van der Waals surface area contributed by atoms with E-state index in [1.807, 2.05) is 31.2 Å². The number of nitrogens with one attached hydrogen (secondary N) is 2. The molecule has 0 atom stereocenters. The first-order valence-corrected chi connectivity index (χ1v) is 8.96. The zero-order valence-corrected chi connectivity index (χ0v) is 14.8. The molecule has 1 aliphatic carbocycles. The van der Waals surface area contributed by atoms with Crippen LogP contribution in [0.2, 0.25) is 0 Å². The van der Waals surface area contributed by atoms with Gasteiger partial charge in [-0.1, -0.05) is 24.3 Å². The van der Waals surface area contributed by atoms with Gasteiger partial charge in [-0.25, -0.2) is 4.39 Å². The third-order valence-corrected chi connectivity index (χ3v) is 4.96. The Kier molecular flexibility index (Phi) is 5.66. The molecular weight excluding hydrogens is 331 g/mol. The van der Waals surface area contributed by atoms with Crippen molar-refractivity contribution in [1.82, 2.24) is 0 Å². The van der Waals surface area contributed by atoms with Gasteiger partial charge in [0.2, 0.25) is 11.8 Å². The molecule has 0 aliphatic heterocycles. The molecule has 0 heterocycles. The van der Waals surface area contributed by atoms with Crippen LogP contribution in [-0.4, -0.2) is 11.8 Å². The fraction of sp³-hybridized carbons (Fsp3) is 0.333. The second-order valence-electron chi connectivity index (χ2n) is 6.85. The lowest BCUT2D eigenvalue weighted by atomic mass is 9.81. The number of para-hydroxylation sites is 1. The normalized spacial score (nSPS) is 19.6. The molecule has 1 fully saturated rings. The van der Waals surface area contributed by atoms with E-state index in [0.717, 1.165) is 11.3 Å². The fourth-order valence-electron chi connectivity index (χ4n) is 3.38. The lowest BCUT2D eigenvalue weighted by molar-refractivity contribution is -0.125. The highest BCUT2D eigenvalue weighted by Gasteiger charge is 2.30. The van der Waals surface area contributed by atoms with Crippen molar-refractivity contribution in [1.29, 1.82) is 0 Å². The van der Waals surface area contributed by atoms with E-state index < -0.39 is 0 Å². The minimum Gasteiger partial charge on any atom is -0.326 e. The summed E-state index contributed by atoms with van der Waals surface area (Å²) in [5, 5.41) is 5.75. The highest BCUT2D eigenvalue weighted by molar-refractivity contribution is 5.94. The van der Waals surface area contributed by atoms with Crippen molar-refractivity contribution >= 4 is 23.2 Å². The Balaban J connectivity index is 1.51. The molecular formula is C21H23FN2O2. The first-order chi connectivity index (χ1) is 12.5. The summed E-state index contributed by atoms with van der Waals surface area (Å²) >= 11 is 0. The summed E-state index contributed by atoms with van der Waals surface area (Å²) < 4.78 is 13.2. The molecule has 0 radical (unpaired) electrons. The van der Waals surface area contributed by atoms with Gasteiger partial charge in [0.25, 0.3) is 0 Å². The van der Waals surface area contributed by atoms with Crippen molar-refractivity contribution in [3.8, 4) is 0 Å². The lowest BCUT2D eigenvalue weighted by Gasteiger charge is -2.27. The van der Waals surface area contributed by atoms with E-state index >= 15 is 0 Å². The Morgan fingerprint density at radius 1 is 0.885 bits per heavy atom. The van der Waals surface area contributed by atoms with Crippen LogP contribution in [0, 0.1) is 24.6 Å². The molecule has 1 saturated carbocycles. The van der Waals surface area contributed by atoms with Crippen molar-refractivity contribution in [2.75, 3.05) is 10.6 Å². The molecule has 26 heavy (non-hydrogen) atoms. The molecule has 3 rings (SSSR count). The Labute approximate surface area is 152 Å². The van der Waals surface area contributed by atoms with E-state index in [2.05, 4.69) is 10.6 Å². The largest absolute Gasteiger partial charge is 0.326 e. The van der Waals surface area contributed by atoms with E-state index in [-0.39, 0.29) is 29.5 Å². The third-order valence-electron chi connectivity index (χ3n) is 4.96. The SMILES string of the molecule is Cc1ccccc1NC(=O)C1CCC(C(=O)Nc2cccc(F)c2)CC1. The zero-order chi connectivity index (χ0) is 18.5. The number of anilines is 2. The smallest absolute Gasteiger partial charge is 0.227 e. The predicted octanol–water partition coefficient (Wildman–Crippen LogP) is 4.52. The second kappa shape index (κ2) is 8.13. The maximum Gasteiger partial charge on any atom is 0.227 e. The van der Waals surface area contributed by atoms with Crippen LogP contribution in [0.4, 0.5) is 15.8 Å². The summed E-state index contributed by atoms with van der Waals surface area (Å²) in [5.41, 5.74) is 2.34. The van der Waals surface area contributed by atoms with E-state index in [4.69, 9.17) is 0 Å². The van der Waals surface area contributed by atoms with Crippen LogP contribution in [0.15, 0.2) is 48.5 Å². The van der Waals surface area contributed by atoms with E-state index in [0.29, 0.717) is 31.4 Å². The summed E-state index contributed by atoms with van der Waals surface area (Å²) in [6.07, 6.45) is 2.68. The quantitative estimate of drug-likeness (QED) is 0.848. The Morgan fingerprint density at radius 3 is 2.12 bits per heavy atom. The number of hydrogen-bond acceptors (Lipinski definition) is 2. The molecule has 2 aromatic carbocycles. The zero-order valence-electron chi connectivity index (χ0n) is 14.8.